The van der Waals surface area contributed by atoms with Gasteiger partial charge in [-0.15, -0.1) is 0 Å². The van der Waals surface area contributed by atoms with Crippen molar-refractivity contribution in [1.29, 1.82) is 0 Å². The van der Waals surface area contributed by atoms with Gasteiger partial charge in [-0.25, -0.2) is 4.79 Å². The van der Waals surface area contributed by atoms with Crippen LogP contribution in [0.15, 0.2) is 0 Å². The summed E-state index contributed by atoms with van der Waals surface area (Å²) in [5, 5.41) is 30.1. The van der Waals surface area contributed by atoms with E-state index >= 15 is 0 Å². The Labute approximate surface area is 173 Å². The minimum absolute atomic E-state index is 0.176. The van der Waals surface area contributed by atoms with Gasteiger partial charge in [0.05, 0.1) is 12.5 Å². The van der Waals surface area contributed by atoms with Crippen molar-refractivity contribution in [2.24, 2.45) is 5.73 Å². The summed E-state index contributed by atoms with van der Waals surface area (Å²) in [5.74, 6) is -4.60. The smallest absolute Gasteiger partial charge is 0.326 e. The highest BCUT2D eigenvalue weighted by Crippen LogP contribution is 2.25. The maximum absolute atomic E-state index is 13.0. The van der Waals surface area contributed by atoms with Crippen molar-refractivity contribution in [3.8, 4) is 0 Å². The van der Waals surface area contributed by atoms with E-state index in [4.69, 9.17) is 10.8 Å². The van der Waals surface area contributed by atoms with Crippen LogP contribution >= 0.6 is 0 Å². The SMILES string of the molecule is CC(O)C(N)C(=O)NC(CC(=O)O)C(=O)N1CCCC1C(=O)N1CCCC1C(=O)O. The molecule has 2 saturated heterocycles. The number of nitrogens with one attached hydrogen (secondary N) is 1. The molecule has 2 rings (SSSR count). The molecule has 12 nitrogen and oxygen atoms in total. The first-order valence-electron chi connectivity index (χ1n) is 9.84. The van der Waals surface area contributed by atoms with E-state index in [1.54, 1.807) is 0 Å². The molecule has 5 atom stereocenters. The van der Waals surface area contributed by atoms with Crippen LogP contribution in [0, 0.1) is 0 Å². The molecule has 0 aromatic rings. The molecule has 5 unspecified atom stereocenters. The summed E-state index contributed by atoms with van der Waals surface area (Å²) in [6.45, 7) is 1.73. The van der Waals surface area contributed by atoms with E-state index < -0.39 is 66.4 Å². The lowest BCUT2D eigenvalue weighted by Gasteiger charge is -2.32. The predicted molar refractivity (Wildman–Crippen MR) is 101 cm³/mol. The number of amides is 3. The number of aliphatic carboxylic acids is 2. The normalized spacial score (nSPS) is 24.2. The van der Waals surface area contributed by atoms with Crippen LogP contribution in [0.4, 0.5) is 0 Å². The van der Waals surface area contributed by atoms with Crippen LogP contribution in [0.3, 0.4) is 0 Å². The number of hydrogen-bond acceptors (Lipinski definition) is 7. The number of likely N-dealkylation sites (tertiary alicyclic amines) is 2. The van der Waals surface area contributed by atoms with Crippen molar-refractivity contribution >= 4 is 29.7 Å². The second-order valence-corrected chi connectivity index (χ2v) is 7.64. The Kier molecular flexibility index (Phi) is 7.73. The zero-order valence-corrected chi connectivity index (χ0v) is 16.7. The minimum atomic E-state index is -1.47. The van der Waals surface area contributed by atoms with Crippen molar-refractivity contribution in [2.45, 2.75) is 69.3 Å². The standard InChI is InChI=1S/C18H28N4O8/c1-9(23)14(19)15(26)20-10(8-13(24)25)16(27)21-6-2-4-11(21)17(28)22-7-3-5-12(22)18(29)30/h9-12,14,23H,2-8,19H2,1H3,(H,20,26)(H,24,25)(H,29,30). The number of hydrogen-bond donors (Lipinski definition) is 5. The summed E-state index contributed by atoms with van der Waals surface area (Å²) in [7, 11) is 0. The molecular formula is C18H28N4O8. The molecule has 12 heteroatoms. The van der Waals surface area contributed by atoms with Crippen LogP contribution in [-0.2, 0) is 24.0 Å². The summed E-state index contributed by atoms with van der Waals surface area (Å²) in [6.07, 6.45) is -0.275. The topological polar surface area (TPSA) is 191 Å². The fraction of sp³-hybridized carbons (Fsp3) is 0.722. The molecule has 2 aliphatic heterocycles. The van der Waals surface area contributed by atoms with E-state index in [2.05, 4.69) is 5.32 Å². The van der Waals surface area contributed by atoms with E-state index in [0.29, 0.717) is 25.7 Å². The number of carboxylic acids is 2. The van der Waals surface area contributed by atoms with Crippen molar-refractivity contribution < 1.29 is 39.3 Å². The Morgan fingerprint density at radius 2 is 1.60 bits per heavy atom. The van der Waals surface area contributed by atoms with E-state index in [0.717, 1.165) is 0 Å². The molecule has 0 aromatic heterocycles. The van der Waals surface area contributed by atoms with Crippen molar-refractivity contribution in [2.75, 3.05) is 13.1 Å². The molecule has 30 heavy (non-hydrogen) atoms. The van der Waals surface area contributed by atoms with Crippen LogP contribution in [0.5, 0.6) is 0 Å². The second kappa shape index (κ2) is 9.85. The first kappa shape index (κ1) is 23.5. The molecule has 2 heterocycles. The van der Waals surface area contributed by atoms with E-state index in [-0.39, 0.29) is 13.1 Å². The van der Waals surface area contributed by atoms with Gasteiger partial charge in [0.2, 0.25) is 17.7 Å². The Bertz CT molecular complexity index is 712. The summed E-state index contributed by atoms with van der Waals surface area (Å²) in [5.41, 5.74) is 5.54. The lowest BCUT2D eigenvalue weighted by Crippen LogP contribution is -2.58. The molecule has 3 amide bonds. The molecule has 168 valence electrons. The third-order valence-electron chi connectivity index (χ3n) is 5.46. The van der Waals surface area contributed by atoms with Crippen molar-refractivity contribution in [3.05, 3.63) is 0 Å². The molecule has 2 fully saturated rings. The number of carbonyl (C=O) groups is 5. The predicted octanol–water partition coefficient (Wildman–Crippen LogP) is -2.28. The summed E-state index contributed by atoms with van der Waals surface area (Å²) >= 11 is 0. The lowest BCUT2D eigenvalue weighted by atomic mass is 10.1. The number of carbonyl (C=O) groups excluding carboxylic acids is 3. The average Bonchev–Trinajstić information content (AvgIpc) is 3.34. The Morgan fingerprint density at radius 1 is 1.03 bits per heavy atom. The average molecular weight is 428 g/mol. The van der Waals surface area contributed by atoms with Gasteiger partial charge in [0.15, 0.2) is 0 Å². The molecule has 0 aromatic carbocycles. The van der Waals surface area contributed by atoms with Gasteiger partial charge in [-0.2, -0.15) is 0 Å². The van der Waals surface area contributed by atoms with E-state index in [1.807, 2.05) is 0 Å². The molecule has 0 spiro atoms. The summed E-state index contributed by atoms with van der Waals surface area (Å²) in [6, 6.07) is -4.70. The summed E-state index contributed by atoms with van der Waals surface area (Å²) < 4.78 is 0. The molecule has 0 saturated carbocycles. The van der Waals surface area contributed by atoms with Gasteiger partial charge >= 0.3 is 11.9 Å². The van der Waals surface area contributed by atoms with Gasteiger partial charge in [0.1, 0.15) is 24.2 Å². The van der Waals surface area contributed by atoms with Gasteiger partial charge < -0.3 is 36.2 Å². The molecule has 0 radical (unpaired) electrons. The third kappa shape index (κ3) is 5.25. The molecule has 0 aliphatic carbocycles. The van der Waals surface area contributed by atoms with Gasteiger partial charge in [-0.05, 0) is 32.6 Å². The fourth-order valence-electron chi connectivity index (χ4n) is 3.83. The van der Waals surface area contributed by atoms with E-state index in [1.165, 1.54) is 16.7 Å². The van der Waals surface area contributed by atoms with Crippen LogP contribution < -0.4 is 11.1 Å². The summed E-state index contributed by atoms with van der Waals surface area (Å²) in [4.78, 5) is 63.2. The van der Waals surface area contributed by atoms with Gasteiger partial charge in [-0.3, -0.25) is 19.2 Å². The number of nitrogens with zero attached hydrogens (tertiary/aromatic N) is 2. The van der Waals surface area contributed by atoms with Crippen LogP contribution in [0.2, 0.25) is 0 Å². The fourth-order valence-corrected chi connectivity index (χ4v) is 3.83. The zero-order valence-electron chi connectivity index (χ0n) is 16.7. The van der Waals surface area contributed by atoms with E-state index in [9.17, 15) is 34.2 Å². The number of nitrogens with two attached hydrogens (primary N) is 1. The Hall–Kier alpha value is -2.73. The van der Waals surface area contributed by atoms with Crippen LogP contribution in [0.25, 0.3) is 0 Å². The first-order valence-corrected chi connectivity index (χ1v) is 9.84. The van der Waals surface area contributed by atoms with Gasteiger partial charge in [-0.1, -0.05) is 0 Å². The highest BCUT2D eigenvalue weighted by Gasteiger charge is 2.44. The minimum Gasteiger partial charge on any atom is -0.481 e. The largest absolute Gasteiger partial charge is 0.481 e. The monoisotopic (exact) mass is 428 g/mol. The number of carboxylic acid groups (broad SMARTS) is 2. The highest BCUT2D eigenvalue weighted by molar-refractivity contribution is 5.96. The van der Waals surface area contributed by atoms with Crippen LogP contribution in [0.1, 0.15) is 39.0 Å². The first-order chi connectivity index (χ1) is 14.0. The van der Waals surface area contributed by atoms with Crippen molar-refractivity contribution in [1.82, 2.24) is 15.1 Å². The molecule has 6 N–H and O–H groups in total. The van der Waals surface area contributed by atoms with Gasteiger partial charge in [0.25, 0.3) is 0 Å². The van der Waals surface area contributed by atoms with Gasteiger partial charge in [0, 0.05) is 13.1 Å². The van der Waals surface area contributed by atoms with Crippen molar-refractivity contribution in [3.63, 3.8) is 0 Å². The van der Waals surface area contributed by atoms with Crippen LogP contribution in [-0.4, -0.2) is 98.1 Å². The molecule has 2 aliphatic rings. The maximum atomic E-state index is 13.0. The highest BCUT2D eigenvalue weighted by atomic mass is 16.4. The lowest BCUT2D eigenvalue weighted by molar-refractivity contribution is -0.153. The number of aliphatic hydroxyl groups excluding tert-OH is 1. The Morgan fingerprint density at radius 3 is 2.13 bits per heavy atom. The number of aliphatic hydroxyl groups is 1. The molecular weight excluding hydrogens is 400 g/mol. The second-order valence-electron chi connectivity index (χ2n) is 7.64. The quantitative estimate of drug-likeness (QED) is 0.283. The Balaban J connectivity index is 2.17. The zero-order chi connectivity index (χ0) is 22.6. The number of rotatable bonds is 8. The molecule has 0 bridgehead atoms. The third-order valence-corrected chi connectivity index (χ3v) is 5.46. The maximum Gasteiger partial charge on any atom is 0.326 e.